The molecule has 0 fully saturated rings. The third-order valence-electron chi connectivity index (χ3n) is 5.23. The summed E-state index contributed by atoms with van der Waals surface area (Å²) in [6.07, 6.45) is 3.45. The minimum atomic E-state index is -0.892. The van der Waals surface area contributed by atoms with Crippen LogP contribution in [0.1, 0.15) is 38.3 Å². The number of nitrogens with one attached hydrogen (secondary N) is 1. The Hall–Kier alpha value is -3.13. The average molecular weight is 442 g/mol. The number of rotatable bonds is 10. The maximum atomic E-state index is 13.6. The van der Waals surface area contributed by atoms with Crippen LogP contribution in [0.2, 0.25) is 0 Å². The first-order valence-electron chi connectivity index (χ1n) is 11.0. The second kappa shape index (κ2) is 11.5. The van der Waals surface area contributed by atoms with Crippen LogP contribution in [-0.2, 0) is 9.59 Å². The van der Waals surface area contributed by atoms with Crippen molar-refractivity contribution in [1.29, 1.82) is 0 Å². The molecule has 2 atom stereocenters. The van der Waals surface area contributed by atoms with Crippen LogP contribution in [0.4, 0.5) is 0 Å². The van der Waals surface area contributed by atoms with E-state index in [2.05, 4.69) is 24.1 Å². The molecule has 0 radical (unpaired) electrons. The van der Waals surface area contributed by atoms with E-state index in [0.29, 0.717) is 35.9 Å². The Bertz CT molecular complexity index is 890. The van der Waals surface area contributed by atoms with E-state index in [1.165, 1.54) is 4.90 Å². The molecular weight excluding hydrogens is 410 g/mol. The molecule has 2 amide bonds. The van der Waals surface area contributed by atoms with Gasteiger partial charge < -0.3 is 24.8 Å². The zero-order chi connectivity index (χ0) is 22.9. The molecule has 8 nitrogen and oxygen atoms in total. The second-order valence-electron chi connectivity index (χ2n) is 8.13. The predicted molar refractivity (Wildman–Crippen MR) is 119 cm³/mol. The van der Waals surface area contributed by atoms with Crippen molar-refractivity contribution in [1.82, 2.24) is 15.2 Å². The number of pyridine rings is 1. The Morgan fingerprint density at radius 2 is 1.91 bits per heavy atom. The fourth-order valence-electron chi connectivity index (χ4n) is 3.53. The third kappa shape index (κ3) is 5.97. The van der Waals surface area contributed by atoms with E-state index in [1.807, 2.05) is 6.07 Å². The number of hydrogen-bond acceptors (Lipinski definition) is 6. The maximum absolute atomic E-state index is 13.6. The van der Waals surface area contributed by atoms with Gasteiger partial charge in [0.1, 0.15) is 12.6 Å². The number of aromatic nitrogens is 1. The number of aliphatic hydroxyl groups is 1. The lowest BCUT2D eigenvalue weighted by molar-refractivity contribution is -0.148. The topological polar surface area (TPSA) is 101 Å². The van der Waals surface area contributed by atoms with Crippen LogP contribution in [0, 0.1) is 5.92 Å². The standard InChI is InChI=1S/C24H31N3O5/c1-17(2)8-13-26-23(29)22(18-9-11-25-12-10-18)27(14-5-15-28)24(30)21-16-31-19-6-3-4-7-20(19)32-21/h3-4,6-7,9-12,17,21-22,28H,5,8,13-16H2,1-2H3,(H,26,29)/t21-,22-/m0/s1. The summed E-state index contributed by atoms with van der Waals surface area (Å²) in [5, 5.41) is 12.4. The predicted octanol–water partition coefficient (Wildman–Crippen LogP) is 2.34. The van der Waals surface area contributed by atoms with Crippen molar-refractivity contribution in [2.24, 2.45) is 5.92 Å². The van der Waals surface area contributed by atoms with Gasteiger partial charge in [0.2, 0.25) is 12.0 Å². The van der Waals surface area contributed by atoms with Gasteiger partial charge in [0, 0.05) is 32.1 Å². The van der Waals surface area contributed by atoms with Crippen molar-refractivity contribution < 1.29 is 24.2 Å². The number of fused-ring (bicyclic) bond motifs is 1. The average Bonchev–Trinajstić information content (AvgIpc) is 2.81. The maximum Gasteiger partial charge on any atom is 0.268 e. The Kier molecular flexibility index (Phi) is 8.44. The largest absolute Gasteiger partial charge is 0.485 e. The fraction of sp³-hybridized carbons (Fsp3) is 0.458. The number of amides is 2. The van der Waals surface area contributed by atoms with Gasteiger partial charge in [-0.15, -0.1) is 0 Å². The molecule has 0 aliphatic carbocycles. The van der Waals surface area contributed by atoms with Crippen LogP contribution in [-0.4, -0.2) is 59.2 Å². The minimum absolute atomic E-state index is 0.0451. The molecule has 0 bridgehead atoms. The van der Waals surface area contributed by atoms with Crippen LogP contribution in [0.25, 0.3) is 0 Å². The number of nitrogens with zero attached hydrogens (tertiary/aromatic N) is 2. The first kappa shape index (κ1) is 23.5. The molecular formula is C24H31N3O5. The smallest absolute Gasteiger partial charge is 0.268 e. The van der Waals surface area contributed by atoms with E-state index in [0.717, 1.165) is 6.42 Å². The van der Waals surface area contributed by atoms with Crippen LogP contribution < -0.4 is 14.8 Å². The van der Waals surface area contributed by atoms with Crippen LogP contribution in [0.3, 0.4) is 0 Å². The molecule has 172 valence electrons. The van der Waals surface area contributed by atoms with E-state index in [9.17, 15) is 14.7 Å². The molecule has 0 unspecified atom stereocenters. The first-order chi connectivity index (χ1) is 15.5. The number of benzene rings is 1. The molecule has 0 spiro atoms. The summed E-state index contributed by atoms with van der Waals surface area (Å²) in [5.74, 6) is 0.861. The Labute approximate surface area is 188 Å². The van der Waals surface area contributed by atoms with E-state index >= 15 is 0 Å². The number of hydrogen-bond donors (Lipinski definition) is 2. The van der Waals surface area contributed by atoms with Crippen molar-refractivity contribution in [2.45, 2.75) is 38.8 Å². The molecule has 1 aliphatic heterocycles. The van der Waals surface area contributed by atoms with E-state index < -0.39 is 12.1 Å². The van der Waals surface area contributed by atoms with Gasteiger partial charge in [0.15, 0.2) is 11.5 Å². The summed E-state index contributed by atoms with van der Waals surface area (Å²) >= 11 is 0. The summed E-state index contributed by atoms with van der Waals surface area (Å²) < 4.78 is 11.6. The number of carbonyl (C=O) groups excluding carboxylic acids is 2. The highest BCUT2D eigenvalue weighted by atomic mass is 16.6. The Morgan fingerprint density at radius 3 is 2.59 bits per heavy atom. The van der Waals surface area contributed by atoms with Crippen molar-refractivity contribution in [3.63, 3.8) is 0 Å². The van der Waals surface area contributed by atoms with Gasteiger partial charge in [-0.05, 0) is 48.6 Å². The fourth-order valence-corrected chi connectivity index (χ4v) is 3.53. The minimum Gasteiger partial charge on any atom is -0.485 e. The highest BCUT2D eigenvalue weighted by Crippen LogP contribution is 2.32. The molecule has 2 heterocycles. The SMILES string of the molecule is CC(C)CCNC(=O)[C@H](c1ccncc1)N(CCCO)C(=O)[C@@H]1COc2ccccc2O1. The quantitative estimate of drug-likeness (QED) is 0.587. The van der Waals surface area contributed by atoms with Crippen LogP contribution in [0.5, 0.6) is 11.5 Å². The van der Waals surface area contributed by atoms with E-state index in [-0.39, 0.29) is 31.6 Å². The zero-order valence-electron chi connectivity index (χ0n) is 18.6. The van der Waals surface area contributed by atoms with Gasteiger partial charge in [0.25, 0.3) is 5.91 Å². The van der Waals surface area contributed by atoms with Gasteiger partial charge in [0.05, 0.1) is 0 Å². The van der Waals surface area contributed by atoms with Crippen molar-refractivity contribution in [2.75, 3.05) is 26.3 Å². The summed E-state index contributed by atoms with van der Waals surface area (Å²) in [5.41, 5.74) is 0.644. The highest BCUT2D eigenvalue weighted by Gasteiger charge is 2.37. The summed E-state index contributed by atoms with van der Waals surface area (Å²) in [7, 11) is 0. The molecule has 3 rings (SSSR count). The summed E-state index contributed by atoms with van der Waals surface area (Å²) in [6, 6.07) is 9.73. The van der Waals surface area contributed by atoms with E-state index in [4.69, 9.17) is 9.47 Å². The van der Waals surface area contributed by atoms with Crippen molar-refractivity contribution >= 4 is 11.8 Å². The van der Waals surface area contributed by atoms with Gasteiger partial charge >= 0.3 is 0 Å². The Morgan fingerprint density at radius 1 is 1.19 bits per heavy atom. The van der Waals surface area contributed by atoms with Gasteiger partial charge in [-0.25, -0.2) is 0 Å². The lowest BCUT2D eigenvalue weighted by atomic mass is 10.0. The molecule has 1 aromatic heterocycles. The zero-order valence-corrected chi connectivity index (χ0v) is 18.6. The number of ether oxygens (including phenoxy) is 2. The van der Waals surface area contributed by atoms with Gasteiger partial charge in [-0.2, -0.15) is 0 Å². The molecule has 2 aromatic rings. The summed E-state index contributed by atoms with van der Waals surface area (Å²) in [6.45, 7) is 4.82. The second-order valence-corrected chi connectivity index (χ2v) is 8.13. The van der Waals surface area contributed by atoms with Crippen molar-refractivity contribution in [3.05, 3.63) is 54.4 Å². The monoisotopic (exact) mass is 441 g/mol. The number of carbonyl (C=O) groups is 2. The number of aliphatic hydroxyl groups excluding tert-OH is 1. The first-order valence-corrected chi connectivity index (χ1v) is 11.0. The van der Waals surface area contributed by atoms with Crippen LogP contribution in [0.15, 0.2) is 48.8 Å². The lowest BCUT2D eigenvalue weighted by Crippen LogP contribution is -2.51. The molecule has 2 N–H and O–H groups in total. The van der Waals surface area contributed by atoms with Gasteiger partial charge in [-0.1, -0.05) is 26.0 Å². The van der Waals surface area contributed by atoms with Crippen LogP contribution >= 0.6 is 0 Å². The third-order valence-corrected chi connectivity index (χ3v) is 5.23. The summed E-state index contributed by atoms with van der Waals surface area (Å²) in [4.78, 5) is 32.3. The number of para-hydroxylation sites is 2. The van der Waals surface area contributed by atoms with Gasteiger partial charge in [-0.3, -0.25) is 14.6 Å². The van der Waals surface area contributed by atoms with E-state index in [1.54, 1.807) is 42.7 Å². The van der Waals surface area contributed by atoms with Crippen molar-refractivity contribution in [3.8, 4) is 11.5 Å². The molecule has 0 saturated heterocycles. The molecule has 32 heavy (non-hydrogen) atoms. The molecule has 0 saturated carbocycles. The normalized spacial score (nSPS) is 15.8. The Balaban J connectivity index is 1.86. The molecule has 8 heteroatoms. The lowest BCUT2D eigenvalue weighted by Gasteiger charge is -2.35. The molecule has 1 aliphatic rings. The highest BCUT2D eigenvalue weighted by molar-refractivity contribution is 5.90. The molecule has 1 aromatic carbocycles.